The van der Waals surface area contributed by atoms with Crippen LogP contribution in [0, 0.1) is 5.41 Å². The van der Waals surface area contributed by atoms with Crippen LogP contribution in [0.3, 0.4) is 0 Å². The zero-order valence-electron chi connectivity index (χ0n) is 12.0. The van der Waals surface area contributed by atoms with Crippen molar-refractivity contribution in [3.63, 3.8) is 0 Å². The summed E-state index contributed by atoms with van der Waals surface area (Å²) in [4.78, 5) is 23.4. The molecule has 5 heteroatoms. The largest absolute Gasteiger partial charge is 0.481 e. The molecule has 0 radical (unpaired) electrons. The van der Waals surface area contributed by atoms with E-state index >= 15 is 0 Å². The van der Waals surface area contributed by atoms with Crippen LogP contribution in [0.25, 0.3) is 0 Å². The van der Waals surface area contributed by atoms with Gasteiger partial charge in [-0.05, 0) is 32.2 Å². The normalized spacial score (nSPS) is 20.6. The number of carbonyl (C=O) groups excluding carboxylic acids is 1. The Bertz CT molecular complexity index is 306. The number of hydrogen-bond donors (Lipinski definition) is 3. The number of hydrogen-bond acceptors (Lipinski definition) is 3. The molecule has 0 aromatic carbocycles. The molecule has 3 N–H and O–H groups in total. The van der Waals surface area contributed by atoms with Gasteiger partial charge in [0.2, 0.25) is 5.91 Å². The molecule has 1 aliphatic heterocycles. The van der Waals surface area contributed by atoms with E-state index in [2.05, 4.69) is 10.6 Å². The second-order valence-electron chi connectivity index (χ2n) is 5.37. The van der Waals surface area contributed by atoms with Crippen molar-refractivity contribution in [1.29, 1.82) is 0 Å². The van der Waals surface area contributed by atoms with Crippen LogP contribution in [0.2, 0.25) is 0 Å². The highest BCUT2D eigenvalue weighted by molar-refractivity contribution is 5.83. The number of carbonyl (C=O) groups is 2. The molecule has 0 bridgehead atoms. The van der Waals surface area contributed by atoms with Crippen LogP contribution in [0.5, 0.6) is 0 Å². The topological polar surface area (TPSA) is 78.4 Å². The average Bonchev–Trinajstić information content (AvgIpc) is 2.68. The number of aliphatic carboxylic acids is 1. The van der Waals surface area contributed by atoms with Crippen LogP contribution in [-0.4, -0.2) is 36.1 Å². The highest BCUT2D eigenvalue weighted by Crippen LogP contribution is 2.25. The Labute approximate surface area is 115 Å². The predicted octanol–water partition coefficient (Wildman–Crippen LogP) is 1.53. The molecule has 1 amide bonds. The van der Waals surface area contributed by atoms with Crippen LogP contribution in [-0.2, 0) is 9.59 Å². The van der Waals surface area contributed by atoms with Crippen LogP contribution in [0.1, 0.15) is 52.4 Å². The average molecular weight is 270 g/mol. The summed E-state index contributed by atoms with van der Waals surface area (Å²) in [5.74, 6) is -0.888. The molecular formula is C14H26N2O3. The van der Waals surface area contributed by atoms with Gasteiger partial charge in [-0.3, -0.25) is 9.59 Å². The number of carboxylic acids is 1. The maximum Gasteiger partial charge on any atom is 0.311 e. The van der Waals surface area contributed by atoms with E-state index in [-0.39, 0.29) is 18.5 Å². The molecule has 0 aliphatic carbocycles. The fourth-order valence-electron chi connectivity index (χ4n) is 2.51. The summed E-state index contributed by atoms with van der Waals surface area (Å²) in [6.07, 6.45) is 5.20. The second kappa shape index (κ2) is 7.48. The molecule has 1 atom stereocenters. The first-order chi connectivity index (χ1) is 9.05. The summed E-state index contributed by atoms with van der Waals surface area (Å²) in [6.45, 7) is 4.79. The number of amides is 1. The van der Waals surface area contributed by atoms with E-state index in [4.69, 9.17) is 0 Å². The molecule has 0 aromatic heterocycles. The number of rotatable bonds is 6. The lowest BCUT2D eigenvalue weighted by Crippen LogP contribution is -2.49. The van der Waals surface area contributed by atoms with Crippen LogP contribution >= 0.6 is 0 Å². The van der Waals surface area contributed by atoms with Crippen molar-refractivity contribution in [3.8, 4) is 0 Å². The van der Waals surface area contributed by atoms with Crippen molar-refractivity contribution in [2.75, 3.05) is 13.1 Å². The van der Waals surface area contributed by atoms with Gasteiger partial charge in [0.1, 0.15) is 0 Å². The Hall–Kier alpha value is -1.10. The minimum atomic E-state index is -0.833. The third-order valence-electron chi connectivity index (χ3n) is 4.29. The van der Waals surface area contributed by atoms with E-state index in [0.717, 1.165) is 32.2 Å². The van der Waals surface area contributed by atoms with Gasteiger partial charge < -0.3 is 15.7 Å². The van der Waals surface area contributed by atoms with Gasteiger partial charge in [-0.15, -0.1) is 0 Å². The fourth-order valence-corrected chi connectivity index (χ4v) is 2.51. The highest BCUT2D eigenvalue weighted by Gasteiger charge is 2.35. The third-order valence-corrected chi connectivity index (χ3v) is 4.29. The number of carboxylic acid groups (broad SMARTS) is 1. The van der Waals surface area contributed by atoms with E-state index in [1.165, 1.54) is 0 Å². The van der Waals surface area contributed by atoms with E-state index in [1.807, 2.05) is 13.8 Å². The van der Waals surface area contributed by atoms with E-state index in [0.29, 0.717) is 12.8 Å². The Balaban J connectivity index is 2.53. The smallest absolute Gasteiger partial charge is 0.311 e. The molecular weight excluding hydrogens is 244 g/mol. The Morgan fingerprint density at radius 1 is 1.26 bits per heavy atom. The van der Waals surface area contributed by atoms with Crippen LogP contribution in [0.15, 0.2) is 0 Å². The summed E-state index contributed by atoms with van der Waals surface area (Å²) < 4.78 is 0. The molecule has 1 rings (SSSR count). The van der Waals surface area contributed by atoms with Crippen molar-refractivity contribution < 1.29 is 14.7 Å². The molecule has 110 valence electrons. The lowest BCUT2D eigenvalue weighted by Gasteiger charge is -2.28. The third kappa shape index (κ3) is 4.20. The van der Waals surface area contributed by atoms with Gasteiger partial charge in [0.05, 0.1) is 11.5 Å². The van der Waals surface area contributed by atoms with Gasteiger partial charge in [0, 0.05) is 6.54 Å². The molecule has 0 saturated carbocycles. The van der Waals surface area contributed by atoms with Crippen molar-refractivity contribution in [3.05, 3.63) is 0 Å². The van der Waals surface area contributed by atoms with Gasteiger partial charge >= 0.3 is 5.97 Å². The lowest BCUT2D eigenvalue weighted by atomic mass is 9.82. The molecule has 19 heavy (non-hydrogen) atoms. The van der Waals surface area contributed by atoms with Gasteiger partial charge in [0.25, 0.3) is 0 Å². The van der Waals surface area contributed by atoms with Crippen molar-refractivity contribution in [1.82, 2.24) is 10.6 Å². The minimum absolute atomic E-state index is 0.0607. The molecule has 1 aliphatic rings. The Kier molecular flexibility index (Phi) is 6.28. The fraction of sp³-hybridized carbons (Fsp3) is 0.857. The van der Waals surface area contributed by atoms with Gasteiger partial charge in [-0.25, -0.2) is 0 Å². The summed E-state index contributed by atoms with van der Waals surface area (Å²) in [5, 5.41) is 15.4. The zero-order valence-corrected chi connectivity index (χ0v) is 12.0. The van der Waals surface area contributed by atoms with Crippen molar-refractivity contribution in [2.24, 2.45) is 5.41 Å². The first-order valence-corrected chi connectivity index (χ1v) is 7.30. The first-order valence-electron chi connectivity index (χ1n) is 7.30. The van der Waals surface area contributed by atoms with E-state index in [9.17, 15) is 14.7 Å². The van der Waals surface area contributed by atoms with E-state index < -0.39 is 11.4 Å². The van der Waals surface area contributed by atoms with Crippen LogP contribution in [0.4, 0.5) is 0 Å². The summed E-state index contributed by atoms with van der Waals surface area (Å²) >= 11 is 0. The van der Waals surface area contributed by atoms with Gasteiger partial charge in [-0.1, -0.05) is 26.7 Å². The zero-order chi connectivity index (χ0) is 14.3. The van der Waals surface area contributed by atoms with Gasteiger partial charge in [0.15, 0.2) is 0 Å². The van der Waals surface area contributed by atoms with Crippen LogP contribution < -0.4 is 10.6 Å². The summed E-state index contributed by atoms with van der Waals surface area (Å²) in [5.41, 5.74) is -0.833. The molecule has 1 fully saturated rings. The predicted molar refractivity (Wildman–Crippen MR) is 73.9 cm³/mol. The molecule has 1 heterocycles. The quantitative estimate of drug-likeness (QED) is 0.684. The van der Waals surface area contributed by atoms with Gasteiger partial charge in [-0.2, -0.15) is 0 Å². The lowest BCUT2D eigenvalue weighted by molar-refractivity contribution is -0.149. The SMILES string of the molecule is CCC(CC)(CNC(=O)C1CCCCCN1)C(=O)O. The molecule has 0 spiro atoms. The molecule has 1 saturated heterocycles. The Morgan fingerprint density at radius 3 is 2.53 bits per heavy atom. The Morgan fingerprint density at radius 2 is 1.95 bits per heavy atom. The highest BCUT2D eigenvalue weighted by atomic mass is 16.4. The standard InChI is InChI=1S/C14H26N2O3/c1-3-14(4-2,13(18)19)10-16-12(17)11-8-6-5-7-9-15-11/h11,15H,3-10H2,1-2H3,(H,16,17)(H,18,19). The maximum atomic E-state index is 12.1. The molecule has 0 aromatic rings. The minimum Gasteiger partial charge on any atom is -0.481 e. The second-order valence-corrected chi connectivity index (χ2v) is 5.37. The maximum absolute atomic E-state index is 12.1. The van der Waals surface area contributed by atoms with Crippen molar-refractivity contribution in [2.45, 2.75) is 58.4 Å². The molecule has 1 unspecified atom stereocenters. The number of nitrogens with one attached hydrogen (secondary N) is 2. The van der Waals surface area contributed by atoms with Crippen molar-refractivity contribution >= 4 is 11.9 Å². The first kappa shape index (κ1) is 16.0. The molecule has 5 nitrogen and oxygen atoms in total. The summed E-state index contributed by atoms with van der Waals surface area (Å²) in [6, 6.07) is -0.164. The van der Waals surface area contributed by atoms with E-state index in [1.54, 1.807) is 0 Å². The monoisotopic (exact) mass is 270 g/mol. The summed E-state index contributed by atoms with van der Waals surface area (Å²) in [7, 11) is 0.